The van der Waals surface area contributed by atoms with Gasteiger partial charge in [0.1, 0.15) is 18.1 Å². The second-order valence-electron chi connectivity index (χ2n) is 9.57. The van der Waals surface area contributed by atoms with Gasteiger partial charge >= 0.3 is 11.9 Å². The van der Waals surface area contributed by atoms with Gasteiger partial charge in [0.25, 0.3) is 0 Å². The quantitative estimate of drug-likeness (QED) is 0.0922. The van der Waals surface area contributed by atoms with Crippen molar-refractivity contribution in [3.63, 3.8) is 0 Å². The molecule has 4 atom stereocenters. The molecule has 2 aromatic rings. The van der Waals surface area contributed by atoms with E-state index in [1.54, 1.807) is 12.3 Å². The number of fused-ring (bicyclic) bond motifs is 1. The van der Waals surface area contributed by atoms with Gasteiger partial charge in [0.05, 0.1) is 12.5 Å². The Morgan fingerprint density at radius 3 is 2.10 bits per heavy atom. The lowest BCUT2D eigenvalue weighted by molar-refractivity contribution is -0.141. The maximum absolute atomic E-state index is 13.1. The molecule has 12 N–H and O–H groups in total. The molecule has 15 nitrogen and oxygen atoms in total. The number of carboxylic acid groups (broad SMARTS) is 2. The number of carboxylic acids is 2. The zero-order valence-electron chi connectivity index (χ0n) is 22.4. The molecule has 2 rings (SSSR count). The van der Waals surface area contributed by atoms with E-state index in [0.29, 0.717) is 24.9 Å². The Morgan fingerprint density at radius 2 is 1.46 bits per heavy atom. The largest absolute Gasteiger partial charge is 0.481 e. The van der Waals surface area contributed by atoms with Crippen LogP contribution < -0.4 is 33.2 Å². The van der Waals surface area contributed by atoms with E-state index in [4.69, 9.17) is 22.3 Å². The van der Waals surface area contributed by atoms with Crippen molar-refractivity contribution in [3.05, 3.63) is 36.0 Å². The summed E-state index contributed by atoms with van der Waals surface area (Å²) in [6.45, 7) is 0.406. The molecule has 0 fully saturated rings. The van der Waals surface area contributed by atoms with Crippen LogP contribution in [0.15, 0.2) is 30.5 Å². The van der Waals surface area contributed by atoms with Gasteiger partial charge in [-0.05, 0) is 37.4 Å². The predicted octanol–water partition coefficient (Wildman–Crippen LogP) is -1.55. The molecule has 15 heteroatoms. The molecule has 0 bridgehead atoms. The molecule has 0 saturated heterocycles. The summed E-state index contributed by atoms with van der Waals surface area (Å²) >= 11 is 0. The van der Waals surface area contributed by atoms with E-state index in [-0.39, 0.29) is 19.3 Å². The van der Waals surface area contributed by atoms with Gasteiger partial charge in [-0.2, -0.15) is 0 Å². The summed E-state index contributed by atoms with van der Waals surface area (Å²) < 4.78 is 0. The fraction of sp³-hybridized carbons (Fsp3) is 0.462. The maximum Gasteiger partial charge on any atom is 0.305 e. The number of H-pyrrole nitrogens is 1. The number of carbonyl (C=O) groups is 6. The number of nitrogens with two attached hydrogens (primary N) is 3. The molecule has 41 heavy (non-hydrogen) atoms. The molecule has 0 aliphatic carbocycles. The Hall–Kier alpha value is -4.50. The van der Waals surface area contributed by atoms with Crippen molar-refractivity contribution in [2.45, 2.75) is 69.1 Å². The van der Waals surface area contributed by atoms with Crippen molar-refractivity contribution in [3.8, 4) is 0 Å². The lowest BCUT2D eigenvalue weighted by Gasteiger charge is -2.24. The Morgan fingerprint density at radius 1 is 0.829 bits per heavy atom. The number of carbonyl (C=O) groups excluding carboxylic acids is 4. The Balaban J connectivity index is 2.17. The summed E-state index contributed by atoms with van der Waals surface area (Å²) in [6.07, 6.45) is 1.36. The van der Waals surface area contributed by atoms with Gasteiger partial charge < -0.3 is 48.3 Å². The maximum atomic E-state index is 13.1. The highest BCUT2D eigenvalue weighted by molar-refractivity contribution is 5.96. The highest BCUT2D eigenvalue weighted by Gasteiger charge is 2.31. The first kappa shape index (κ1) is 32.7. The van der Waals surface area contributed by atoms with Crippen molar-refractivity contribution in [1.29, 1.82) is 0 Å². The van der Waals surface area contributed by atoms with Crippen molar-refractivity contribution < 1.29 is 39.0 Å². The number of amides is 4. The second-order valence-corrected chi connectivity index (χ2v) is 9.57. The molecule has 0 aliphatic rings. The van der Waals surface area contributed by atoms with Gasteiger partial charge in [0, 0.05) is 29.9 Å². The lowest BCUT2D eigenvalue weighted by atomic mass is 10.0. The number of nitrogens with one attached hydrogen (secondary N) is 4. The average molecular weight is 576 g/mol. The first-order chi connectivity index (χ1) is 19.4. The van der Waals surface area contributed by atoms with Crippen LogP contribution in [0.2, 0.25) is 0 Å². The van der Waals surface area contributed by atoms with Gasteiger partial charge in [0.15, 0.2) is 0 Å². The molecule has 0 aliphatic heterocycles. The van der Waals surface area contributed by atoms with Crippen LogP contribution in [0.4, 0.5) is 0 Å². The fourth-order valence-electron chi connectivity index (χ4n) is 4.13. The number of unbranched alkanes of at least 4 members (excludes halogenated alkanes) is 1. The van der Waals surface area contributed by atoms with E-state index >= 15 is 0 Å². The summed E-state index contributed by atoms with van der Waals surface area (Å²) in [4.78, 5) is 76.5. The molecule has 0 spiro atoms. The van der Waals surface area contributed by atoms with E-state index in [9.17, 15) is 33.9 Å². The molecule has 224 valence electrons. The van der Waals surface area contributed by atoms with E-state index < -0.39 is 72.6 Å². The van der Waals surface area contributed by atoms with Crippen LogP contribution in [0.25, 0.3) is 10.9 Å². The van der Waals surface area contributed by atoms with Gasteiger partial charge in [-0.3, -0.25) is 28.8 Å². The zero-order valence-corrected chi connectivity index (χ0v) is 22.4. The number of aromatic amines is 1. The Kier molecular flexibility index (Phi) is 12.7. The predicted molar refractivity (Wildman–Crippen MR) is 147 cm³/mol. The number of hydrogen-bond donors (Lipinski definition) is 9. The van der Waals surface area contributed by atoms with Crippen LogP contribution in [0, 0.1) is 0 Å². The number of aliphatic carboxylic acids is 2. The van der Waals surface area contributed by atoms with Crippen LogP contribution in [-0.4, -0.2) is 81.5 Å². The smallest absolute Gasteiger partial charge is 0.305 e. The van der Waals surface area contributed by atoms with Crippen molar-refractivity contribution in [2.75, 3.05) is 6.54 Å². The normalized spacial score (nSPS) is 13.9. The molecular weight excluding hydrogens is 538 g/mol. The molecule has 1 heterocycles. The highest BCUT2D eigenvalue weighted by Crippen LogP contribution is 2.19. The summed E-state index contributed by atoms with van der Waals surface area (Å²) in [5.41, 5.74) is 18.3. The first-order valence-electron chi connectivity index (χ1n) is 13.1. The zero-order chi connectivity index (χ0) is 30.5. The van der Waals surface area contributed by atoms with Gasteiger partial charge in [-0.15, -0.1) is 0 Å². The molecule has 1 aromatic carbocycles. The number of primary amides is 1. The van der Waals surface area contributed by atoms with Crippen molar-refractivity contribution >= 4 is 46.5 Å². The Bertz CT molecular complexity index is 1250. The summed E-state index contributed by atoms with van der Waals surface area (Å²) in [7, 11) is 0. The van der Waals surface area contributed by atoms with Crippen LogP contribution >= 0.6 is 0 Å². The van der Waals surface area contributed by atoms with Crippen LogP contribution in [-0.2, 0) is 35.2 Å². The van der Waals surface area contributed by atoms with E-state index in [2.05, 4.69) is 20.9 Å². The molecule has 4 amide bonds. The van der Waals surface area contributed by atoms with E-state index in [0.717, 1.165) is 10.9 Å². The summed E-state index contributed by atoms with van der Waals surface area (Å²) in [5, 5.41) is 26.2. The van der Waals surface area contributed by atoms with Crippen molar-refractivity contribution in [2.24, 2.45) is 17.2 Å². The highest BCUT2D eigenvalue weighted by atomic mass is 16.4. The van der Waals surface area contributed by atoms with Gasteiger partial charge in [-0.25, -0.2) is 0 Å². The minimum Gasteiger partial charge on any atom is -0.481 e. The fourth-order valence-corrected chi connectivity index (χ4v) is 4.13. The van der Waals surface area contributed by atoms with Crippen LogP contribution in [0.3, 0.4) is 0 Å². The number of aromatic nitrogens is 1. The molecule has 0 radical (unpaired) electrons. The first-order valence-corrected chi connectivity index (χ1v) is 13.1. The third-order valence-electron chi connectivity index (χ3n) is 6.36. The van der Waals surface area contributed by atoms with Crippen LogP contribution in [0.5, 0.6) is 0 Å². The summed E-state index contributed by atoms with van der Waals surface area (Å²) in [5.74, 6) is -6.30. The lowest BCUT2D eigenvalue weighted by Crippen LogP contribution is -2.58. The van der Waals surface area contributed by atoms with Crippen LogP contribution in [0.1, 0.15) is 44.1 Å². The second kappa shape index (κ2) is 15.9. The Labute approximate surface area is 235 Å². The minimum absolute atomic E-state index is 0.0157. The number of hydrogen-bond acceptors (Lipinski definition) is 8. The molecule has 1 aromatic heterocycles. The third kappa shape index (κ3) is 10.5. The number of para-hydroxylation sites is 1. The van der Waals surface area contributed by atoms with E-state index in [1.165, 1.54) is 0 Å². The van der Waals surface area contributed by atoms with E-state index in [1.807, 2.05) is 18.2 Å². The number of benzene rings is 1. The minimum atomic E-state index is -1.67. The van der Waals surface area contributed by atoms with Gasteiger partial charge in [-0.1, -0.05) is 24.6 Å². The topological polar surface area (TPSA) is 273 Å². The molecule has 0 saturated carbocycles. The monoisotopic (exact) mass is 575 g/mol. The molecule has 0 unspecified atom stereocenters. The summed E-state index contributed by atoms with van der Waals surface area (Å²) in [6, 6.07) is 1.89. The average Bonchev–Trinajstić information content (AvgIpc) is 3.32. The SMILES string of the molecule is NCCCC[C@H](N)C(=O)N[C@@H](CCC(=O)O)C(=O)N[C@@H](CC(=O)O)C(=O)N[C@@H](Cc1c[nH]c2ccccc12)C(N)=O. The standard InChI is InChI=1S/C26H37N7O8/c27-10-4-3-6-16(28)24(39)31-18(8-9-21(34)35)25(40)33-20(12-22(36)37)26(41)32-19(23(29)38)11-14-13-30-17-7-2-1-5-15(14)17/h1-2,5,7,13,16,18-20,30H,3-4,6,8-12,27-28H2,(H2,29,38)(H,31,39)(H,32,41)(H,33,40)(H,34,35)(H,36,37)/t16-,18-,19-,20-/m0/s1. The van der Waals surface area contributed by atoms with Gasteiger partial charge in [0.2, 0.25) is 23.6 Å². The molecular formula is C26H37N7O8. The third-order valence-corrected chi connectivity index (χ3v) is 6.36. The van der Waals surface area contributed by atoms with Crippen molar-refractivity contribution in [1.82, 2.24) is 20.9 Å². The number of rotatable bonds is 18.